The van der Waals surface area contributed by atoms with E-state index >= 15 is 0 Å². The summed E-state index contributed by atoms with van der Waals surface area (Å²) in [4.78, 5) is 1.26. The lowest BCUT2D eigenvalue weighted by atomic mass is 10.2. The summed E-state index contributed by atoms with van der Waals surface area (Å²) in [6, 6.07) is 10.6. The fraction of sp³-hybridized carbons (Fsp3) is 0.308. The smallest absolute Gasteiger partial charge is 0.133 e. The molecule has 0 aliphatic carbocycles. The van der Waals surface area contributed by atoms with E-state index in [0.29, 0.717) is 0 Å². The van der Waals surface area contributed by atoms with Crippen molar-refractivity contribution in [1.29, 1.82) is 0 Å². The van der Waals surface area contributed by atoms with Crippen LogP contribution in [-0.2, 0) is 12.3 Å². The Kier molecular flexibility index (Phi) is 4.23. The second kappa shape index (κ2) is 5.89. The molecule has 0 aliphatic rings. The maximum atomic E-state index is 5.03. The number of nitrogens with zero attached hydrogens (tertiary/aromatic N) is 1. The molecule has 0 aliphatic heterocycles. The molecule has 2 rings (SSSR count). The number of hydrogen-bond acceptors (Lipinski definition) is 4. The molecule has 0 saturated carbocycles. The van der Waals surface area contributed by atoms with E-state index in [9.17, 15) is 0 Å². The van der Waals surface area contributed by atoms with Crippen molar-refractivity contribution in [3.63, 3.8) is 0 Å². The summed E-state index contributed by atoms with van der Waals surface area (Å²) in [6.07, 6.45) is 0. The third kappa shape index (κ3) is 3.61. The van der Waals surface area contributed by atoms with Crippen molar-refractivity contribution in [2.75, 3.05) is 7.05 Å². The van der Waals surface area contributed by atoms with Gasteiger partial charge in [0.1, 0.15) is 5.76 Å². The van der Waals surface area contributed by atoms with Crippen LogP contribution in [0.1, 0.15) is 17.0 Å². The van der Waals surface area contributed by atoms with Crippen LogP contribution in [0.4, 0.5) is 0 Å². The SMILES string of the molecule is CNCc1ccc(SCc2cc(C)on2)cc1. The normalized spacial score (nSPS) is 10.7. The summed E-state index contributed by atoms with van der Waals surface area (Å²) in [5.74, 6) is 1.72. The summed E-state index contributed by atoms with van der Waals surface area (Å²) in [6.45, 7) is 2.82. The van der Waals surface area contributed by atoms with Gasteiger partial charge in [0.05, 0.1) is 5.69 Å². The average molecular weight is 248 g/mol. The Balaban J connectivity index is 1.90. The second-order valence-corrected chi connectivity index (χ2v) is 4.94. The molecule has 0 atom stereocenters. The van der Waals surface area contributed by atoms with Crippen LogP contribution in [0.5, 0.6) is 0 Å². The first-order chi connectivity index (χ1) is 8.28. The minimum atomic E-state index is 0.850. The van der Waals surface area contributed by atoms with Crippen LogP contribution in [-0.4, -0.2) is 12.2 Å². The summed E-state index contributed by atoms with van der Waals surface area (Å²) in [5, 5.41) is 7.11. The highest BCUT2D eigenvalue weighted by Gasteiger charge is 2.01. The van der Waals surface area contributed by atoms with Crippen molar-refractivity contribution in [2.24, 2.45) is 0 Å². The highest BCUT2D eigenvalue weighted by atomic mass is 32.2. The zero-order chi connectivity index (χ0) is 12.1. The van der Waals surface area contributed by atoms with E-state index in [-0.39, 0.29) is 0 Å². The van der Waals surface area contributed by atoms with Crippen molar-refractivity contribution in [2.45, 2.75) is 24.1 Å². The highest BCUT2D eigenvalue weighted by molar-refractivity contribution is 7.98. The topological polar surface area (TPSA) is 38.1 Å². The third-order valence-corrected chi connectivity index (χ3v) is 3.41. The molecule has 2 aromatic rings. The standard InChI is InChI=1S/C13H16N2OS/c1-10-7-12(15-16-10)9-17-13-5-3-11(4-6-13)8-14-2/h3-7,14H,8-9H2,1-2H3. The molecule has 1 N–H and O–H groups in total. The number of aryl methyl sites for hydroxylation is 1. The van der Waals surface area contributed by atoms with E-state index in [4.69, 9.17) is 4.52 Å². The molecular weight excluding hydrogens is 232 g/mol. The summed E-state index contributed by atoms with van der Waals surface area (Å²) in [5.41, 5.74) is 2.29. The van der Waals surface area contributed by atoms with E-state index in [2.05, 4.69) is 34.7 Å². The van der Waals surface area contributed by atoms with Gasteiger partial charge >= 0.3 is 0 Å². The first-order valence-corrected chi connectivity index (χ1v) is 6.55. The minimum absolute atomic E-state index is 0.850. The zero-order valence-electron chi connectivity index (χ0n) is 10.1. The fourth-order valence-electron chi connectivity index (χ4n) is 1.55. The van der Waals surface area contributed by atoms with Gasteiger partial charge in [0.2, 0.25) is 0 Å². The van der Waals surface area contributed by atoms with E-state index in [1.54, 1.807) is 11.8 Å². The number of hydrogen-bond donors (Lipinski definition) is 1. The van der Waals surface area contributed by atoms with Crippen LogP contribution in [0.3, 0.4) is 0 Å². The zero-order valence-corrected chi connectivity index (χ0v) is 10.9. The van der Waals surface area contributed by atoms with E-state index < -0.39 is 0 Å². The van der Waals surface area contributed by atoms with Crippen LogP contribution in [0, 0.1) is 6.92 Å². The average Bonchev–Trinajstić information content (AvgIpc) is 2.75. The lowest BCUT2D eigenvalue weighted by Gasteiger charge is -2.02. The molecule has 17 heavy (non-hydrogen) atoms. The summed E-state index contributed by atoms with van der Waals surface area (Å²) in [7, 11) is 1.95. The number of thioether (sulfide) groups is 1. The maximum absolute atomic E-state index is 5.03. The van der Waals surface area contributed by atoms with Gasteiger partial charge in [0.25, 0.3) is 0 Å². The molecule has 0 fully saturated rings. The highest BCUT2D eigenvalue weighted by Crippen LogP contribution is 2.22. The van der Waals surface area contributed by atoms with Gasteiger partial charge in [-0.15, -0.1) is 11.8 Å². The monoisotopic (exact) mass is 248 g/mol. The quantitative estimate of drug-likeness (QED) is 0.825. The number of benzene rings is 1. The molecular formula is C13H16N2OS. The van der Waals surface area contributed by atoms with Gasteiger partial charge in [-0.1, -0.05) is 17.3 Å². The van der Waals surface area contributed by atoms with Crippen molar-refractivity contribution in [3.8, 4) is 0 Å². The van der Waals surface area contributed by atoms with Crippen molar-refractivity contribution >= 4 is 11.8 Å². The van der Waals surface area contributed by atoms with Crippen LogP contribution in [0.2, 0.25) is 0 Å². The van der Waals surface area contributed by atoms with Crippen LogP contribution < -0.4 is 5.32 Å². The van der Waals surface area contributed by atoms with Gasteiger partial charge in [-0.2, -0.15) is 0 Å². The van der Waals surface area contributed by atoms with Crippen molar-refractivity contribution < 1.29 is 4.52 Å². The summed E-state index contributed by atoms with van der Waals surface area (Å²) < 4.78 is 5.03. The molecule has 0 radical (unpaired) electrons. The lowest BCUT2D eigenvalue weighted by Crippen LogP contribution is -2.04. The van der Waals surface area contributed by atoms with Gasteiger partial charge < -0.3 is 9.84 Å². The Bertz CT molecular complexity index is 465. The van der Waals surface area contributed by atoms with E-state index in [0.717, 1.165) is 23.8 Å². The molecule has 90 valence electrons. The Morgan fingerprint density at radius 3 is 2.65 bits per heavy atom. The molecule has 0 bridgehead atoms. The van der Waals surface area contributed by atoms with Gasteiger partial charge in [-0.05, 0) is 31.7 Å². The number of nitrogens with one attached hydrogen (secondary N) is 1. The first kappa shape index (κ1) is 12.2. The fourth-order valence-corrected chi connectivity index (χ4v) is 2.33. The van der Waals surface area contributed by atoms with Crippen LogP contribution in [0.25, 0.3) is 0 Å². The lowest BCUT2D eigenvalue weighted by molar-refractivity contribution is 0.393. The molecule has 3 nitrogen and oxygen atoms in total. The minimum Gasteiger partial charge on any atom is -0.361 e. The van der Waals surface area contributed by atoms with Gasteiger partial charge in [0.15, 0.2) is 0 Å². The number of aromatic nitrogens is 1. The molecule has 4 heteroatoms. The van der Waals surface area contributed by atoms with Gasteiger partial charge in [-0.25, -0.2) is 0 Å². The number of rotatable bonds is 5. The second-order valence-electron chi connectivity index (χ2n) is 3.89. The molecule has 0 saturated heterocycles. The van der Waals surface area contributed by atoms with Crippen LogP contribution in [0.15, 0.2) is 39.8 Å². The van der Waals surface area contributed by atoms with Gasteiger partial charge in [0, 0.05) is 23.3 Å². The Morgan fingerprint density at radius 1 is 1.29 bits per heavy atom. The Hall–Kier alpha value is -1.26. The Morgan fingerprint density at radius 2 is 2.06 bits per heavy atom. The molecule has 0 unspecified atom stereocenters. The van der Waals surface area contributed by atoms with Crippen molar-refractivity contribution in [1.82, 2.24) is 10.5 Å². The molecule has 0 amide bonds. The predicted molar refractivity (Wildman–Crippen MR) is 70.0 cm³/mol. The largest absolute Gasteiger partial charge is 0.361 e. The third-order valence-electron chi connectivity index (χ3n) is 2.37. The molecule has 1 aromatic heterocycles. The molecule has 1 aromatic carbocycles. The molecule has 0 spiro atoms. The molecule has 1 heterocycles. The van der Waals surface area contributed by atoms with Crippen LogP contribution >= 0.6 is 11.8 Å². The maximum Gasteiger partial charge on any atom is 0.133 e. The van der Waals surface area contributed by atoms with Gasteiger partial charge in [-0.3, -0.25) is 0 Å². The van der Waals surface area contributed by atoms with E-state index in [1.807, 2.05) is 20.0 Å². The summed E-state index contributed by atoms with van der Waals surface area (Å²) >= 11 is 1.77. The van der Waals surface area contributed by atoms with E-state index in [1.165, 1.54) is 10.5 Å². The Labute approximate surface area is 106 Å². The van der Waals surface area contributed by atoms with Crippen molar-refractivity contribution in [3.05, 3.63) is 47.3 Å². The first-order valence-electron chi connectivity index (χ1n) is 5.56. The predicted octanol–water partition coefficient (Wildman–Crippen LogP) is 2.99.